The van der Waals surface area contributed by atoms with Gasteiger partial charge >= 0.3 is 5.97 Å². The molecule has 0 fully saturated rings. The van der Waals surface area contributed by atoms with Crippen molar-refractivity contribution in [3.63, 3.8) is 0 Å². The number of aromatic carboxylic acids is 1. The minimum Gasteiger partial charge on any atom is -0.477 e. The van der Waals surface area contributed by atoms with Gasteiger partial charge < -0.3 is 5.11 Å². The average Bonchev–Trinajstić information content (AvgIpc) is 3.04. The van der Waals surface area contributed by atoms with E-state index in [1.54, 1.807) is 42.5 Å². The van der Waals surface area contributed by atoms with Gasteiger partial charge in [-0.05, 0) is 46.5 Å². The highest BCUT2D eigenvalue weighted by atomic mass is 32.2. The highest BCUT2D eigenvalue weighted by Crippen LogP contribution is 2.29. The monoisotopic (exact) mass is 383 g/mol. The molecule has 0 aliphatic rings. The fraction of sp³-hybridized carbons (Fsp3) is 0. The van der Waals surface area contributed by atoms with Gasteiger partial charge in [-0.2, -0.15) is 0 Å². The van der Waals surface area contributed by atoms with Crippen molar-refractivity contribution in [2.75, 3.05) is 4.72 Å². The molecule has 0 atom stereocenters. The van der Waals surface area contributed by atoms with Crippen LogP contribution in [0.25, 0.3) is 20.9 Å². The van der Waals surface area contributed by atoms with Crippen molar-refractivity contribution in [2.45, 2.75) is 4.90 Å². The van der Waals surface area contributed by atoms with Gasteiger partial charge in [0.25, 0.3) is 10.0 Å². The van der Waals surface area contributed by atoms with Gasteiger partial charge in [-0.1, -0.05) is 36.4 Å². The zero-order chi connectivity index (χ0) is 18.3. The highest BCUT2D eigenvalue weighted by molar-refractivity contribution is 7.92. The molecule has 0 saturated heterocycles. The van der Waals surface area contributed by atoms with Crippen LogP contribution in [0.5, 0.6) is 0 Å². The Morgan fingerprint density at radius 1 is 0.885 bits per heavy atom. The fourth-order valence-corrected chi connectivity index (χ4v) is 4.77. The predicted octanol–water partition coefficient (Wildman–Crippen LogP) is 4.55. The number of anilines is 1. The van der Waals surface area contributed by atoms with E-state index in [1.807, 2.05) is 24.3 Å². The van der Waals surface area contributed by atoms with Crippen molar-refractivity contribution < 1.29 is 18.3 Å². The first kappa shape index (κ1) is 16.6. The normalized spacial score (nSPS) is 11.7. The van der Waals surface area contributed by atoms with Gasteiger partial charge in [0.15, 0.2) is 0 Å². The molecular weight excluding hydrogens is 370 g/mol. The van der Waals surface area contributed by atoms with Crippen LogP contribution in [-0.4, -0.2) is 19.5 Å². The number of carbonyl (C=O) groups is 1. The largest absolute Gasteiger partial charge is 0.477 e. The van der Waals surface area contributed by atoms with E-state index in [9.17, 15) is 13.2 Å². The number of hydrogen-bond acceptors (Lipinski definition) is 4. The number of carboxylic acids is 1. The molecule has 1 heterocycles. The lowest BCUT2D eigenvalue weighted by Gasteiger charge is -2.09. The van der Waals surface area contributed by atoms with Crippen molar-refractivity contribution in [3.05, 3.63) is 71.6 Å². The van der Waals surface area contributed by atoms with Crippen LogP contribution in [0.1, 0.15) is 9.67 Å². The van der Waals surface area contributed by atoms with Gasteiger partial charge in [0, 0.05) is 4.70 Å². The molecule has 26 heavy (non-hydrogen) atoms. The molecule has 7 heteroatoms. The third-order valence-corrected chi connectivity index (χ3v) is 6.48. The lowest BCUT2D eigenvalue weighted by molar-refractivity contribution is 0.0702. The lowest BCUT2D eigenvalue weighted by Crippen LogP contribution is -2.12. The molecule has 0 radical (unpaired) electrons. The first-order valence-electron chi connectivity index (χ1n) is 7.71. The van der Waals surface area contributed by atoms with Crippen molar-refractivity contribution in [1.29, 1.82) is 0 Å². The van der Waals surface area contributed by atoms with Crippen LogP contribution in [0.4, 0.5) is 5.69 Å². The van der Waals surface area contributed by atoms with Gasteiger partial charge in [-0.25, -0.2) is 13.2 Å². The van der Waals surface area contributed by atoms with Crippen molar-refractivity contribution in [1.82, 2.24) is 0 Å². The molecule has 0 aliphatic heterocycles. The Morgan fingerprint density at radius 2 is 1.62 bits per heavy atom. The third kappa shape index (κ3) is 3.02. The van der Waals surface area contributed by atoms with E-state index in [2.05, 4.69) is 4.72 Å². The molecule has 3 aromatic carbocycles. The maximum absolute atomic E-state index is 12.7. The number of carboxylic acid groups (broad SMARTS) is 1. The van der Waals surface area contributed by atoms with E-state index in [1.165, 1.54) is 0 Å². The molecule has 0 amide bonds. The Labute approximate surface area is 153 Å². The molecule has 130 valence electrons. The molecule has 5 nitrogen and oxygen atoms in total. The Kier molecular flexibility index (Phi) is 3.90. The molecule has 4 aromatic rings. The minimum absolute atomic E-state index is 0.175. The van der Waals surface area contributed by atoms with Gasteiger partial charge in [0.2, 0.25) is 0 Å². The average molecular weight is 383 g/mol. The van der Waals surface area contributed by atoms with E-state index in [4.69, 9.17) is 5.11 Å². The van der Waals surface area contributed by atoms with Crippen molar-refractivity contribution in [3.8, 4) is 0 Å². The maximum atomic E-state index is 12.7. The second-order valence-corrected chi connectivity index (χ2v) is 8.55. The Bertz CT molecular complexity index is 1260. The quantitative estimate of drug-likeness (QED) is 0.541. The number of benzene rings is 3. The van der Waals surface area contributed by atoms with Crippen molar-refractivity contribution >= 4 is 53.9 Å². The van der Waals surface area contributed by atoms with Crippen LogP contribution < -0.4 is 4.72 Å². The van der Waals surface area contributed by atoms with Gasteiger partial charge in [-0.15, -0.1) is 11.3 Å². The maximum Gasteiger partial charge on any atom is 0.345 e. The summed E-state index contributed by atoms with van der Waals surface area (Å²) in [5.74, 6) is -0.996. The van der Waals surface area contributed by atoms with Crippen LogP contribution in [0.15, 0.2) is 71.6 Å². The predicted molar refractivity (Wildman–Crippen MR) is 104 cm³/mol. The number of nitrogens with one attached hydrogen (secondary N) is 1. The third-order valence-electron chi connectivity index (χ3n) is 4.01. The van der Waals surface area contributed by atoms with Crippen LogP contribution >= 0.6 is 11.3 Å². The summed E-state index contributed by atoms with van der Waals surface area (Å²) in [6, 6.07) is 19.0. The number of fused-ring (bicyclic) bond motifs is 2. The molecule has 4 rings (SSSR count). The molecule has 0 saturated carbocycles. The van der Waals surface area contributed by atoms with Crippen LogP contribution in [-0.2, 0) is 10.0 Å². The van der Waals surface area contributed by atoms with E-state index in [-0.39, 0.29) is 9.77 Å². The van der Waals surface area contributed by atoms with Crippen molar-refractivity contribution in [2.24, 2.45) is 0 Å². The molecule has 0 bridgehead atoms. The molecular formula is C19H13NO4S2. The molecule has 0 aliphatic carbocycles. The van der Waals surface area contributed by atoms with Crippen LogP contribution in [0.3, 0.4) is 0 Å². The Morgan fingerprint density at radius 3 is 2.38 bits per heavy atom. The van der Waals surface area contributed by atoms with Crippen LogP contribution in [0.2, 0.25) is 0 Å². The van der Waals surface area contributed by atoms with E-state index >= 15 is 0 Å². The molecule has 2 N–H and O–H groups in total. The summed E-state index contributed by atoms with van der Waals surface area (Å²) in [7, 11) is -3.74. The van der Waals surface area contributed by atoms with Gasteiger partial charge in [0.1, 0.15) is 4.88 Å². The summed E-state index contributed by atoms with van der Waals surface area (Å²) < 4.78 is 28.7. The summed E-state index contributed by atoms with van der Waals surface area (Å²) in [5, 5.41) is 11.6. The summed E-state index contributed by atoms with van der Waals surface area (Å²) in [6.07, 6.45) is 0. The topological polar surface area (TPSA) is 83.5 Å². The Balaban J connectivity index is 1.70. The SMILES string of the molecule is O=C(O)c1cc2ccc(NS(=O)(=O)c3ccc4ccccc4c3)cc2s1. The summed E-state index contributed by atoms with van der Waals surface area (Å²) in [6.45, 7) is 0. The highest BCUT2D eigenvalue weighted by Gasteiger charge is 2.16. The molecule has 1 aromatic heterocycles. The number of thiophene rings is 1. The Hall–Kier alpha value is -2.90. The number of hydrogen-bond donors (Lipinski definition) is 2. The fourth-order valence-electron chi connectivity index (χ4n) is 2.75. The lowest BCUT2D eigenvalue weighted by atomic mass is 10.1. The zero-order valence-corrected chi connectivity index (χ0v) is 15.0. The molecule has 0 unspecified atom stereocenters. The number of rotatable bonds is 4. The molecule has 0 spiro atoms. The first-order valence-corrected chi connectivity index (χ1v) is 10.0. The second kappa shape index (κ2) is 6.12. The van der Waals surface area contributed by atoms with E-state index < -0.39 is 16.0 Å². The standard InChI is InChI=1S/C19H13NO4S2/c21-19(22)18-10-14-5-7-15(11-17(14)25-18)20-26(23,24)16-8-6-12-3-1-2-4-13(12)9-16/h1-11,20H,(H,21,22). The van der Waals surface area contributed by atoms with E-state index in [0.29, 0.717) is 10.4 Å². The summed E-state index contributed by atoms with van der Waals surface area (Å²) in [4.78, 5) is 11.5. The minimum atomic E-state index is -3.74. The van der Waals surface area contributed by atoms with E-state index in [0.717, 1.165) is 27.5 Å². The van der Waals surface area contributed by atoms with Gasteiger partial charge in [0.05, 0.1) is 10.6 Å². The summed E-state index contributed by atoms with van der Waals surface area (Å²) in [5.41, 5.74) is 0.393. The first-order chi connectivity index (χ1) is 12.4. The van der Waals surface area contributed by atoms with Gasteiger partial charge in [-0.3, -0.25) is 4.72 Å². The second-order valence-electron chi connectivity index (χ2n) is 5.78. The number of sulfonamides is 1. The zero-order valence-electron chi connectivity index (χ0n) is 13.3. The summed E-state index contributed by atoms with van der Waals surface area (Å²) >= 11 is 1.11. The van der Waals surface area contributed by atoms with Crippen LogP contribution in [0, 0.1) is 0 Å². The smallest absolute Gasteiger partial charge is 0.345 e.